The van der Waals surface area contributed by atoms with E-state index in [0.717, 1.165) is 117 Å². The van der Waals surface area contributed by atoms with E-state index in [4.69, 9.17) is 42.6 Å². The first-order valence-electron chi connectivity index (χ1n) is 50.0. The van der Waals surface area contributed by atoms with Gasteiger partial charge >= 0.3 is 19.1 Å². The summed E-state index contributed by atoms with van der Waals surface area (Å²) < 4.78 is 58.8. The number of hydrogen-bond donors (Lipinski definition) is 6. The summed E-state index contributed by atoms with van der Waals surface area (Å²) in [5.41, 5.74) is 22.9. The fraction of sp³-hybridized carbons (Fsp3) is 0.295. The van der Waals surface area contributed by atoms with Crippen molar-refractivity contribution < 1.29 is 82.1 Å². The molecule has 15 rings (SSSR count). The number of halogens is 1. The van der Waals surface area contributed by atoms with Crippen LogP contribution in [0.15, 0.2) is 290 Å². The average molecular weight is 2060 g/mol. The third-order valence-corrected chi connectivity index (χ3v) is 25.3. The van der Waals surface area contributed by atoms with Gasteiger partial charge in [0.15, 0.2) is 0 Å². The molecule has 0 saturated carbocycles. The van der Waals surface area contributed by atoms with Gasteiger partial charge in [-0.05, 0) is 299 Å². The van der Waals surface area contributed by atoms with Gasteiger partial charge in [0.1, 0.15) is 94.3 Å². The van der Waals surface area contributed by atoms with Crippen molar-refractivity contribution >= 4 is 52.3 Å². The minimum Gasteiger partial charge on any atom is -0.508 e. The van der Waals surface area contributed by atoms with Crippen LogP contribution in [0.2, 0.25) is 0 Å². The van der Waals surface area contributed by atoms with Crippen LogP contribution in [-0.2, 0) is 55.5 Å². The number of aromatic nitrogens is 4. The number of nitrogens with one attached hydrogen (secondary N) is 2. The van der Waals surface area contributed by atoms with Crippen molar-refractivity contribution in [3.05, 3.63) is 390 Å². The van der Waals surface area contributed by atoms with Crippen LogP contribution < -0.4 is 49.3 Å². The summed E-state index contributed by atoms with van der Waals surface area (Å²) in [5.74, 6) is 5.48. The number of amides is 2. The molecule has 0 aliphatic carbocycles. The first-order chi connectivity index (χ1) is 70.8. The van der Waals surface area contributed by atoms with Crippen LogP contribution in [-0.4, -0.2) is 124 Å². The molecule has 0 bridgehead atoms. The molecule has 4 heterocycles. The van der Waals surface area contributed by atoms with Gasteiger partial charge in [0.2, 0.25) is 0 Å². The molecule has 0 aliphatic rings. The number of benzene rings is 11. The topological polar surface area (TPSA) is 276 Å². The lowest BCUT2D eigenvalue weighted by atomic mass is 9.77. The Bertz CT molecular complexity index is 6520. The van der Waals surface area contributed by atoms with Crippen LogP contribution in [0.25, 0.3) is 33.8 Å². The number of rotatable bonds is 37. The van der Waals surface area contributed by atoms with Gasteiger partial charge in [-0.1, -0.05) is 215 Å². The Labute approximate surface area is 875 Å². The number of carbonyl (C=O) groups excluding carboxylic acids is 4. The van der Waals surface area contributed by atoms with Crippen LogP contribution in [0.3, 0.4) is 0 Å². The zero-order valence-corrected chi connectivity index (χ0v) is 90.1. The number of methoxy groups -OCH3 is 4. The van der Waals surface area contributed by atoms with Crippen molar-refractivity contribution in [1.82, 2.24) is 28.9 Å². The van der Waals surface area contributed by atoms with Crippen LogP contribution in [0.5, 0.6) is 51.7 Å². The molecule has 772 valence electrons. The van der Waals surface area contributed by atoms with Gasteiger partial charge in [0.25, 0.3) is 11.8 Å². The van der Waals surface area contributed by atoms with Crippen molar-refractivity contribution in [2.75, 3.05) is 54.7 Å². The van der Waals surface area contributed by atoms with Gasteiger partial charge in [-0.3, -0.25) is 9.59 Å². The minimum absolute atomic E-state index is 0.0339. The predicted octanol–water partition coefficient (Wildman–Crippen LogP) is 25.8. The quantitative estimate of drug-likeness (QED) is 0.0156. The number of carbonyl (C=O) groups is 4. The molecular weight excluding hydrogens is 1910 g/mol. The van der Waals surface area contributed by atoms with E-state index in [1.54, 1.807) is 53.6 Å². The molecule has 0 aliphatic heterocycles. The normalized spacial score (nSPS) is 10.7. The molecule has 0 fully saturated rings. The molecule has 0 saturated heterocycles. The predicted molar refractivity (Wildman–Crippen MR) is 592 cm³/mol. The highest BCUT2D eigenvalue weighted by Gasteiger charge is 2.28. The van der Waals surface area contributed by atoms with Gasteiger partial charge in [-0.2, -0.15) is 0 Å². The Morgan fingerprint density at radius 2 is 0.626 bits per heavy atom. The fourth-order valence-corrected chi connectivity index (χ4v) is 17.4. The lowest BCUT2D eigenvalue weighted by molar-refractivity contribution is 0.0505. The third kappa shape index (κ3) is 31.3. The molecule has 6 N–H and O–H groups in total. The molecule has 11 aromatic carbocycles. The first kappa shape index (κ1) is 114. The highest BCUT2D eigenvalue weighted by molar-refractivity contribution is 9.10. The molecule has 147 heavy (non-hydrogen) atoms. The lowest BCUT2D eigenvalue weighted by Crippen LogP contribution is -2.32. The molecule has 0 spiro atoms. The van der Waals surface area contributed by atoms with E-state index in [-0.39, 0.29) is 41.2 Å². The number of phenolic OH excluding ortho intramolecular Hbond substituents is 2. The highest BCUT2D eigenvalue weighted by atomic mass is 79.9. The molecule has 4 aromatic heterocycles. The first-order valence-corrected chi connectivity index (χ1v) is 50.8. The zero-order chi connectivity index (χ0) is 107. The van der Waals surface area contributed by atoms with E-state index in [0.29, 0.717) is 135 Å². The number of esters is 2. The molecule has 0 unspecified atom stereocenters. The second-order valence-corrected chi connectivity index (χ2v) is 37.0. The number of aryl methyl sites for hydroxylation is 3. The second kappa shape index (κ2) is 56.5. The smallest absolute Gasteiger partial charge is 0.492 e. The van der Waals surface area contributed by atoms with Crippen LogP contribution >= 0.6 is 15.9 Å². The molecule has 0 atom stereocenters. The highest BCUT2D eigenvalue weighted by Crippen LogP contribution is 2.43. The summed E-state index contributed by atoms with van der Waals surface area (Å²) in [5, 5.41) is 45.7. The van der Waals surface area contributed by atoms with Gasteiger partial charge < -0.3 is 91.8 Å². The molecule has 25 heteroatoms. The maximum atomic E-state index is 13.0. The number of nitrogens with zero attached hydrogens (tertiary/aromatic N) is 4. The summed E-state index contributed by atoms with van der Waals surface area (Å²) in [4.78, 5) is 50.5. The summed E-state index contributed by atoms with van der Waals surface area (Å²) in [6.45, 7) is 39.8. The summed E-state index contributed by atoms with van der Waals surface area (Å²) in [6.07, 6.45) is 0. The Morgan fingerprint density at radius 1 is 0.333 bits per heavy atom. The number of phenols is 2. The molecular formula is C122H142BBrN6O17. The van der Waals surface area contributed by atoms with E-state index in [1.807, 2.05) is 281 Å². The molecule has 0 radical (unpaired) electrons. The molecule has 2 amide bonds. The zero-order valence-electron chi connectivity index (χ0n) is 88.6. The Morgan fingerprint density at radius 3 is 0.952 bits per heavy atom. The van der Waals surface area contributed by atoms with E-state index < -0.39 is 7.12 Å². The number of hydrogen-bond acceptors (Lipinski definition) is 17. The Hall–Kier alpha value is -14.9. The van der Waals surface area contributed by atoms with Crippen molar-refractivity contribution in [1.29, 1.82) is 0 Å². The Balaban J connectivity index is 0.000000191. The van der Waals surface area contributed by atoms with Gasteiger partial charge in [0.05, 0.1) is 63.3 Å². The van der Waals surface area contributed by atoms with E-state index in [2.05, 4.69) is 135 Å². The summed E-state index contributed by atoms with van der Waals surface area (Å²) in [6, 6.07) is 91.8. The van der Waals surface area contributed by atoms with Crippen LogP contribution in [0.4, 0.5) is 0 Å². The fourth-order valence-electron chi connectivity index (χ4n) is 17.0. The van der Waals surface area contributed by atoms with Crippen molar-refractivity contribution in [3.63, 3.8) is 0 Å². The largest absolute Gasteiger partial charge is 0.508 e. The summed E-state index contributed by atoms with van der Waals surface area (Å²) in [7, 11) is 5.03. The minimum atomic E-state index is -1.53. The monoisotopic (exact) mass is 2050 g/mol. The molecule has 23 nitrogen and oxygen atoms in total. The van der Waals surface area contributed by atoms with Gasteiger partial charge in [0, 0.05) is 67.5 Å². The average Bonchev–Trinajstić information content (AvgIpc) is 1.66. The SMILES string of the molecule is CC.CCNC(=O)c1ccc(-c2cc(C(C)C)c(C)cc2OCc2ccccc2)n1Cc1ccc(OC)cc1.CCNC(=O)c1ccc(-c2cc(C(C)C)c(O)cc2O)n1Cc1ccc(OC)cc1.CCOC(=O)c1ccc(-c2cc(C(C)C)c(C)cc2OCc2ccccc2)n1Cc1ccc(OC)cc1.CCOC(=O)c1ccc(Br)n1Cc1ccc(OC)cc1.Cc1cc(OCc2ccccc2)c(B(O)O)cc1C(C)C. The van der Waals surface area contributed by atoms with E-state index >= 15 is 0 Å². The van der Waals surface area contributed by atoms with Gasteiger partial charge in [-0.25, -0.2) is 9.59 Å². The second-order valence-electron chi connectivity index (χ2n) is 36.1. The van der Waals surface area contributed by atoms with E-state index in [1.165, 1.54) is 28.3 Å². The molecule has 15 aromatic rings. The maximum Gasteiger partial charge on any atom is 0.492 e. The number of ether oxygens (including phenoxy) is 9. The van der Waals surface area contributed by atoms with E-state index in [9.17, 15) is 39.4 Å². The third-order valence-electron chi connectivity index (χ3n) is 24.6. The van der Waals surface area contributed by atoms with Gasteiger partial charge in [-0.15, -0.1) is 0 Å². The maximum absolute atomic E-state index is 13.0. The van der Waals surface area contributed by atoms with Crippen molar-refractivity contribution in [3.8, 4) is 85.5 Å². The van der Waals surface area contributed by atoms with Crippen molar-refractivity contribution in [2.24, 2.45) is 0 Å². The van der Waals surface area contributed by atoms with Crippen molar-refractivity contribution in [2.45, 2.75) is 187 Å². The number of aromatic hydroxyl groups is 2. The van der Waals surface area contributed by atoms with Crippen LogP contribution in [0, 0.1) is 20.8 Å². The standard InChI is InChI=1S/C32H36N2O3.C32H35NO4.C24H28N2O4.C17H21BO3.C15H16BrNO3.C2H6/c1-6-33-32(35)30-17-16-29(34(30)20-24-12-14-26(36-5)15-13-24)28-19-27(22(2)3)23(4)18-31(28)37-21-25-10-8-7-9-11-25;1-6-36-32(34)30-17-16-29(33(30)20-24-12-14-26(35-5)15-13-24)28-19-27(22(2)3)23(4)18-31(28)37-21-25-10-8-7-9-11-25;1-5-25-24(29)21-11-10-20(19-12-18(15(2)3)22(27)13-23(19)28)26(21)14-16-6-8-17(30-4)9-7-16;1-12(2)15-10-16(18(19)20)17(9-13(15)3)21-11-14-7-5-4-6-8-14;1-3-20-15(18)13-8-9-14(16)17(13)10-11-4-6-12(19-2)7-5-11;1-2/h7-19,22H,6,20-21H2,1-5H3,(H,33,35);7-19,22H,6,20-21H2,1-5H3;6-13,15,27-28H,5,14H2,1-4H3,(H,25,29);4-10,12,19-20H,11H2,1-3H3;4-9H,3,10H2,1-2H3;1-2H3. The van der Waals surface area contributed by atoms with Crippen LogP contribution in [0.1, 0.15) is 240 Å². The Kier molecular flexibility index (Phi) is 43.9. The summed E-state index contributed by atoms with van der Waals surface area (Å²) >= 11 is 3.45. The lowest BCUT2D eigenvalue weighted by Gasteiger charge is -2.20.